The third-order valence-corrected chi connectivity index (χ3v) is 5.63. The Morgan fingerprint density at radius 2 is 0.550 bits per heavy atom. The molecule has 6 aromatic carbocycles. The minimum absolute atomic E-state index is 0.681. The quantitative estimate of drug-likeness (QED) is 0.190. The van der Waals surface area contributed by atoms with E-state index in [-0.39, 0.29) is 0 Å². The summed E-state index contributed by atoms with van der Waals surface area (Å²) in [5.41, 5.74) is 0. The van der Waals surface area contributed by atoms with Gasteiger partial charge in [0.05, 0.1) is 10.8 Å². The van der Waals surface area contributed by atoms with E-state index in [4.69, 9.17) is 0 Å². The summed E-state index contributed by atoms with van der Waals surface area (Å²) >= 11 is 0. The highest BCUT2D eigenvalue weighted by Crippen LogP contribution is 2.36. The van der Waals surface area contributed by atoms with Gasteiger partial charge in [0.2, 0.25) is 0 Å². The summed E-state index contributed by atoms with van der Waals surface area (Å²) in [6.07, 6.45) is 0. The van der Waals surface area contributed by atoms with Gasteiger partial charge in [-0.05, 0) is 94.3 Å². The molecule has 40 heavy (non-hydrogen) atoms. The molecule has 0 N–H and O–H groups in total. The molecule has 0 heteroatoms. The molecule has 0 fully saturated rings. The van der Waals surface area contributed by atoms with Crippen molar-refractivity contribution in [2.45, 2.75) is 0 Å². The lowest BCUT2D eigenvalue weighted by Gasteiger charge is -2.09. The van der Waals surface area contributed by atoms with Gasteiger partial charge in [0.1, 0.15) is 0 Å². The number of benzene rings is 3. The summed E-state index contributed by atoms with van der Waals surface area (Å²) in [6, 6.07) is 78.0. The zero-order valence-electron chi connectivity index (χ0n) is 21.2. The molecule has 0 aliphatic rings. The van der Waals surface area contributed by atoms with E-state index in [9.17, 15) is 0 Å². The Morgan fingerprint density at radius 1 is 0.300 bits per heavy atom. The Kier molecular flexibility index (Phi) is 8.17. The van der Waals surface area contributed by atoms with E-state index in [2.05, 4.69) is 121 Å². The van der Waals surface area contributed by atoms with Crippen LogP contribution in [0.5, 0.6) is 0 Å². The molecule has 0 radical (unpaired) electrons. The lowest BCUT2D eigenvalue weighted by molar-refractivity contribution is 1.80. The van der Waals surface area contributed by atoms with E-state index >= 15 is 0 Å². The van der Waals surface area contributed by atoms with Crippen LogP contribution in [-0.4, -0.2) is 0 Å². The predicted molar refractivity (Wildman–Crippen MR) is 157 cm³/mol. The lowest BCUT2D eigenvalue weighted by Crippen LogP contribution is -1.82. The van der Waals surface area contributed by atoms with Gasteiger partial charge in [0.25, 0.3) is 0 Å². The molecule has 0 aliphatic carbocycles. The summed E-state index contributed by atoms with van der Waals surface area (Å²) < 4.78 is 0. The summed E-state index contributed by atoms with van der Waals surface area (Å²) in [5.74, 6) is 0. The third kappa shape index (κ3) is 6.01. The summed E-state index contributed by atoms with van der Waals surface area (Å²) in [4.78, 5) is 0. The zero-order valence-corrected chi connectivity index (χ0v) is 21.2. The van der Waals surface area contributed by atoms with Crippen molar-refractivity contribution < 1.29 is 0 Å². The van der Waals surface area contributed by atoms with Gasteiger partial charge in [0.15, 0.2) is 0 Å². The van der Waals surface area contributed by atoms with Crippen LogP contribution in [0, 0.1) is 97.1 Å². The molecule has 0 aromatic heterocycles. The minimum Gasteiger partial charge on any atom is -0.0682 e. The molecular weight excluding hydrogens is 480 g/mol. The van der Waals surface area contributed by atoms with Crippen molar-refractivity contribution in [3.05, 3.63) is 194 Å². The monoisotopic (exact) mass is 496 g/mol. The van der Waals surface area contributed by atoms with Gasteiger partial charge < -0.3 is 0 Å². The van der Waals surface area contributed by atoms with E-state index in [0.717, 1.165) is 32.3 Å². The van der Waals surface area contributed by atoms with E-state index in [1.165, 1.54) is 0 Å². The second-order valence-electron chi connectivity index (χ2n) is 8.08. The molecule has 0 nitrogen and oxygen atoms in total. The predicted octanol–water partition coefficient (Wildman–Crippen LogP) is 8.16. The summed E-state index contributed by atoms with van der Waals surface area (Å²) in [5, 5.41) is 7.30. The molecule has 176 valence electrons. The van der Waals surface area contributed by atoms with Gasteiger partial charge in [-0.1, -0.05) is 121 Å². The van der Waals surface area contributed by atoms with Gasteiger partial charge in [0, 0.05) is 10.8 Å². The molecule has 0 amide bonds. The number of hydrogen-bond donors (Lipinski definition) is 0. The number of rotatable bonds is 0. The lowest BCUT2D eigenvalue weighted by atomic mass is 9.93. The molecule has 0 unspecified atom stereocenters. The fourth-order valence-corrected chi connectivity index (χ4v) is 4.08. The Balaban J connectivity index is 2.15. The molecule has 0 saturated heterocycles. The van der Waals surface area contributed by atoms with Crippen molar-refractivity contribution in [2.24, 2.45) is 0 Å². The van der Waals surface area contributed by atoms with E-state index in [0.29, 0.717) is 10.8 Å². The van der Waals surface area contributed by atoms with Crippen molar-refractivity contribution in [1.29, 1.82) is 0 Å². The Hall–Kier alpha value is -6.64. The maximum absolute atomic E-state index is 3.27. The van der Waals surface area contributed by atoms with Gasteiger partial charge in [-0.25, -0.2) is 0 Å². The van der Waals surface area contributed by atoms with Gasteiger partial charge in [-0.2, -0.15) is 0 Å². The summed E-state index contributed by atoms with van der Waals surface area (Å²) in [6.45, 7) is 0. The Morgan fingerprint density at radius 3 is 0.825 bits per heavy atom. The fraction of sp³-hybridized carbons (Fsp3) is 0. The fourth-order valence-electron chi connectivity index (χ4n) is 4.08. The van der Waals surface area contributed by atoms with Crippen molar-refractivity contribution >= 4 is 43.1 Å². The third-order valence-electron chi connectivity index (χ3n) is 5.63. The van der Waals surface area contributed by atoms with E-state index in [1.807, 2.05) is 24.3 Å². The van der Waals surface area contributed by atoms with Crippen molar-refractivity contribution in [3.8, 4) is 0 Å². The Labute approximate surface area is 236 Å². The van der Waals surface area contributed by atoms with Crippen molar-refractivity contribution in [3.63, 3.8) is 0 Å². The summed E-state index contributed by atoms with van der Waals surface area (Å²) in [7, 11) is 0. The molecule has 0 heterocycles. The first-order chi connectivity index (χ1) is 19.9. The highest BCUT2D eigenvalue weighted by molar-refractivity contribution is 6.31. The second-order valence-corrected chi connectivity index (χ2v) is 8.08. The zero-order chi connectivity index (χ0) is 27.2. The van der Waals surface area contributed by atoms with Crippen LogP contribution in [-0.2, 0) is 0 Å². The van der Waals surface area contributed by atoms with Gasteiger partial charge >= 0.3 is 0 Å². The molecular formula is C40H16. The minimum atomic E-state index is 0.681. The standard InChI is InChI=1S/C40H16/c1-2-6-10-14-18-26-34-28-20-16-12-8-4-3-7-11-15-19-27-33(25-17-13-9-5-1)39-35-29-21-23-31-37(35)40(34)38-32-24-22-30-36(38)39/h9-16,21-24,29-32H. The van der Waals surface area contributed by atoms with Crippen LogP contribution >= 0.6 is 0 Å². The average molecular weight is 497 g/mol. The second kappa shape index (κ2) is 13.1. The van der Waals surface area contributed by atoms with Crippen LogP contribution in [0.15, 0.2) is 97.1 Å². The van der Waals surface area contributed by atoms with Crippen LogP contribution in [0.1, 0.15) is 0 Å². The molecule has 0 aliphatic heterocycles. The molecule has 6 aromatic rings. The maximum atomic E-state index is 3.27. The van der Waals surface area contributed by atoms with Crippen molar-refractivity contribution in [1.82, 2.24) is 0 Å². The van der Waals surface area contributed by atoms with Gasteiger partial charge in [-0.15, -0.1) is 0 Å². The first-order valence-corrected chi connectivity index (χ1v) is 12.3. The first kappa shape index (κ1) is 25.0. The van der Waals surface area contributed by atoms with Crippen LogP contribution in [0.4, 0.5) is 0 Å². The highest BCUT2D eigenvalue weighted by Gasteiger charge is 2.09. The molecule has 0 spiro atoms. The number of hydrogen-bond acceptors (Lipinski definition) is 0. The van der Waals surface area contributed by atoms with Crippen LogP contribution < -0.4 is 0 Å². The van der Waals surface area contributed by atoms with Crippen LogP contribution in [0.25, 0.3) is 43.1 Å². The topological polar surface area (TPSA) is 0 Å². The molecule has 4 bridgehead atoms. The molecule has 0 saturated carbocycles. The smallest absolute Gasteiger partial charge is 0.0682 e. The number of fused-ring (bicyclic) bond motifs is 7. The average Bonchev–Trinajstić information content (AvgIpc) is 2.98. The normalized spacial score (nSPS) is 8.40. The SMILES string of the molecule is c1c#cccc#cc2c#cccc#cc#cccc#cc(c#cccc#1)c1c3ccccc3c2c2ccccc21. The van der Waals surface area contributed by atoms with E-state index < -0.39 is 0 Å². The maximum Gasteiger partial charge on any atom is 0.0835 e. The van der Waals surface area contributed by atoms with Crippen molar-refractivity contribution in [2.75, 3.05) is 0 Å². The molecule has 6 rings (SSSR count). The highest BCUT2D eigenvalue weighted by atomic mass is 14.1. The van der Waals surface area contributed by atoms with Gasteiger partial charge in [-0.3, -0.25) is 0 Å². The largest absolute Gasteiger partial charge is 0.0835 e. The molecule has 0 atom stereocenters. The van der Waals surface area contributed by atoms with Crippen LogP contribution in [0.3, 0.4) is 0 Å². The first-order valence-electron chi connectivity index (χ1n) is 12.3. The Bertz CT molecular complexity index is 1640. The van der Waals surface area contributed by atoms with Crippen LogP contribution in [0.2, 0.25) is 0 Å². The van der Waals surface area contributed by atoms with E-state index in [1.54, 1.807) is 48.5 Å².